The van der Waals surface area contributed by atoms with Crippen LogP contribution in [0.5, 0.6) is 5.75 Å². The summed E-state index contributed by atoms with van der Waals surface area (Å²) in [4.78, 5) is 0.265. The Morgan fingerprint density at radius 3 is 2.25 bits per heavy atom. The fraction of sp³-hybridized carbons (Fsp3) is 0.200. The summed E-state index contributed by atoms with van der Waals surface area (Å²) in [5.41, 5.74) is 6.30. The third-order valence-electron chi connectivity index (χ3n) is 3.15. The Bertz CT molecular complexity index is 669. The predicted octanol–water partition coefficient (Wildman–Crippen LogP) is 2.17. The average Bonchev–Trinajstić information content (AvgIpc) is 2.49. The summed E-state index contributed by atoms with van der Waals surface area (Å²) in [5.74, 6) is 0.530. The van der Waals surface area contributed by atoms with Gasteiger partial charge in [0.15, 0.2) is 9.84 Å². The average molecular weight is 291 g/mol. The topological polar surface area (TPSA) is 69.4 Å². The number of hydrogen-bond acceptors (Lipinski definition) is 4. The van der Waals surface area contributed by atoms with Gasteiger partial charge >= 0.3 is 0 Å². The van der Waals surface area contributed by atoms with Crippen LogP contribution >= 0.6 is 0 Å². The van der Waals surface area contributed by atoms with Gasteiger partial charge in [0.1, 0.15) is 11.0 Å². The van der Waals surface area contributed by atoms with Crippen molar-refractivity contribution >= 4 is 9.84 Å². The van der Waals surface area contributed by atoms with Gasteiger partial charge < -0.3 is 10.5 Å². The summed E-state index contributed by atoms with van der Waals surface area (Å²) in [7, 11) is -2.03. The number of benzene rings is 2. The van der Waals surface area contributed by atoms with E-state index in [0.717, 1.165) is 0 Å². The second kappa shape index (κ2) is 6.07. The first-order valence-electron chi connectivity index (χ1n) is 6.23. The Labute approximate surface area is 119 Å². The van der Waals surface area contributed by atoms with E-state index < -0.39 is 15.1 Å². The maximum atomic E-state index is 12.7. The molecule has 106 valence electrons. The lowest BCUT2D eigenvalue weighted by Crippen LogP contribution is -2.22. The molecular formula is C15H17NO3S. The summed E-state index contributed by atoms with van der Waals surface area (Å²) in [6.45, 7) is -0.00238. The van der Waals surface area contributed by atoms with Crippen LogP contribution in [0, 0.1) is 0 Å². The minimum atomic E-state index is -3.54. The molecule has 0 radical (unpaired) electrons. The summed E-state index contributed by atoms with van der Waals surface area (Å²) in [5, 5.41) is -0.818. The number of nitrogens with two attached hydrogens (primary N) is 1. The van der Waals surface area contributed by atoms with Gasteiger partial charge in [-0.15, -0.1) is 0 Å². The first-order valence-corrected chi connectivity index (χ1v) is 7.78. The monoisotopic (exact) mass is 291 g/mol. The summed E-state index contributed by atoms with van der Waals surface area (Å²) >= 11 is 0. The highest BCUT2D eigenvalue weighted by Gasteiger charge is 2.29. The minimum absolute atomic E-state index is 0.00238. The van der Waals surface area contributed by atoms with E-state index in [1.165, 1.54) is 7.11 Å². The van der Waals surface area contributed by atoms with Crippen molar-refractivity contribution in [1.82, 2.24) is 0 Å². The van der Waals surface area contributed by atoms with Crippen molar-refractivity contribution in [3.05, 3.63) is 60.2 Å². The van der Waals surface area contributed by atoms with Gasteiger partial charge in [-0.25, -0.2) is 8.42 Å². The lowest BCUT2D eigenvalue weighted by atomic mass is 10.1. The zero-order chi connectivity index (χ0) is 14.6. The number of sulfone groups is 1. The van der Waals surface area contributed by atoms with Gasteiger partial charge in [-0.2, -0.15) is 0 Å². The van der Waals surface area contributed by atoms with E-state index in [-0.39, 0.29) is 11.4 Å². The predicted molar refractivity (Wildman–Crippen MR) is 78.4 cm³/mol. The SMILES string of the molecule is COc1ccccc1[C@H](CN)S(=O)(=O)c1ccccc1. The van der Waals surface area contributed by atoms with Gasteiger partial charge in [-0.3, -0.25) is 0 Å². The first kappa shape index (κ1) is 14.6. The highest BCUT2D eigenvalue weighted by molar-refractivity contribution is 7.91. The van der Waals surface area contributed by atoms with Crippen molar-refractivity contribution < 1.29 is 13.2 Å². The largest absolute Gasteiger partial charge is 0.496 e. The third kappa shape index (κ3) is 2.69. The molecule has 0 aliphatic carbocycles. The molecule has 0 aliphatic heterocycles. The summed E-state index contributed by atoms with van der Waals surface area (Å²) in [6, 6.07) is 15.4. The van der Waals surface area contributed by atoms with Crippen LogP contribution in [0.4, 0.5) is 0 Å². The van der Waals surface area contributed by atoms with Crippen molar-refractivity contribution in [2.75, 3.05) is 13.7 Å². The second-order valence-corrected chi connectivity index (χ2v) is 6.45. The molecule has 2 aromatic carbocycles. The first-order chi connectivity index (χ1) is 9.61. The molecule has 5 heteroatoms. The number of methoxy groups -OCH3 is 1. The molecule has 0 unspecified atom stereocenters. The summed E-state index contributed by atoms with van der Waals surface area (Å²) in [6.07, 6.45) is 0. The van der Waals surface area contributed by atoms with Gasteiger partial charge in [-0.1, -0.05) is 36.4 Å². The minimum Gasteiger partial charge on any atom is -0.496 e. The number of hydrogen-bond donors (Lipinski definition) is 1. The van der Waals surface area contributed by atoms with Crippen LogP contribution < -0.4 is 10.5 Å². The lowest BCUT2D eigenvalue weighted by molar-refractivity contribution is 0.408. The quantitative estimate of drug-likeness (QED) is 0.916. The third-order valence-corrected chi connectivity index (χ3v) is 5.27. The Kier molecular flexibility index (Phi) is 4.42. The molecule has 0 aliphatic rings. The maximum absolute atomic E-state index is 12.7. The summed E-state index contributed by atoms with van der Waals surface area (Å²) < 4.78 is 30.6. The van der Waals surface area contributed by atoms with Crippen LogP contribution in [-0.4, -0.2) is 22.1 Å². The normalized spacial score (nSPS) is 12.9. The molecule has 2 aromatic rings. The molecule has 0 aromatic heterocycles. The molecule has 0 amide bonds. The van der Waals surface area contributed by atoms with Gasteiger partial charge in [0.25, 0.3) is 0 Å². The molecule has 0 heterocycles. The Hall–Kier alpha value is -1.85. The Morgan fingerprint density at radius 1 is 1.05 bits per heavy atom. The van der Waals surface area contributed by atoms with Crippen LogP contribution in [0.2, 0.25) is 0 Å². The zero-order valence-corrected chi connectivity index (χ0v) is 12.0. The van der Waals surface area contributed by atoms with Crippen LogP contribution in [0.15, 0.2) is 59.5 Å². The Balaban J connectivity index is 2.53. The molecule has 0 saturated heterocycles. The van der Waals surface area contributed by atoms with Crippen molar-refractivity contribution in [2.45, 2.75) is 10.1 Å². The van der Waals surface area contributed by atoms with E-state index in [2.05, 4.69) is 0 Å². The number of ether oxygens (including phenoxy) is 1. The van der Waals surface area contributed by atoms with Crippen LogP contribution in [-0.2, 0) is 9.84 Å². The van der Waals surface area contributed by atoms with Crippen molar-refractivity contribution in [3.63, 3.8) is 0 Å². The van der Waals surface area contributed by atoms with Crippen LogP contribution in [0.25, 0.3) is 0 Å². The van der Waals surface area contributed by atoms with Crippen LogP contribution in [0.1, 0.15) is 10.8 Å². The Morgan fingerprint density at radius 2 is 1.65 bits per heavy atom. The molecule has 4 nitrogen and oxygen atoms in total. The van der Waals surface area contributed by atoms with E-state index in [4.69, 9.17) is 10.5 Å². The molecule has 0 fully saturated rings. The van der Waals surface area contributed by atoms with E-state index in [1.807, 2.05) is 0 Å². The molecular weight excluding hydrogens is 274 g/mol. The highest BCUT2D eigenvalue weighted by Crippen LogP contribution is 2.33. The van der Waals surface area contributed by atoms with Gasteiger partial charge in [-0.05, 0) is 18.2 Å². The van der Waals surface area contributed by atoms with Crippen LogP contribution in [0.3, 0.4) is 0 Å². The molecule has 0 spiro atoms. The molecule has 0 saturated carbocycles. The van der Waals surface area contributed by atoms with E-state index in [1.54, 1.807) is 54.6 Å². The van der Waals surface area contributed by atoms with Crippen molar-refractivity contribution in [2.24, 2.45) is 5.73 Å². The molecule has 0 bridgehead atoms. The van der Waals surface area contributed by atoms with Gasteiger partial charge in [0, 0.05) is 12.1 Å². The maximum Gasteiger partial charge on any atom is 0.186 e. The van der Waals surface area contributed by atoms with Gasteiger partial charge in [0.05, 0.1) is 12.0 Å². The fourth-order valence-electron chi connectivity index (χ4n) is 2.13. The highest BCUT2D eigenvalue weighted by atomic mass is 32.2. The molecule has 20 heavy (non-hydrogen) atoms. The molecule has 2 rings (SSSR count). The molecule has 1 atom stereocenters. The van der Waals surface area contributed by atoms with Crippen molar-refractivity contribution in [1.29, 1.82) is 0 Å². The smallest absolute Gasteiger partial charge is 0.186 e. The lowest BCUT2D eigenvalue weighted by Gasteiger charge is -2.18. The van der Waals surface area contributed by atoms with E-state index >= 15 is 0 Å². The zero-order valence-electron chi connectivity index (χ0n) is 11.2. The standard InChI is InChI=1S/C15H17NO3S/c1-19-14-10-6-5-9-13(14)15(11-16)20(17,18)12-7-3-2-4-8-12/h2-10,15H,11,16H2,1H3/t15-/m0/s1. The fourth-order valence-corrected chi connectivity index (χ4v) is 3.78. The molecule has 2 N–H and O–H groups in total. The van der Waals surface area contributed by atoms with Crippen molar-refractivity contribution in [3.8, 4) is 5.75 Å². The second-order valence-electron chi connectivity index (χ2n) is 4.32. The number of para-hydroxylation sites is 1. The van der Waals surface area contributed by atoms with E-state index in [0.29, 0.717) is 11.3 Å². The van der Waals surface area contributed by atoms with Gasteiger partial charge in [0.2, 0.25) is 0 Å². The number of rotatable bonds is 5. The van der Waals surface area contributed by atoms with E-state index in [9.17, 15) is 8.42 Å².